The molecular weight excluding hydrogens is 370 g/mol. The highest BCUT2D eigenvalue weighted by Gasteiger charge is 2.63. The summed E-state index contributed by atoms with van der Waals surface area (Å²) in [7, 11) is -3.22. The Hall–Kier alpha value is -1.45. The number of nitrogens with zero attached hydrogens (tertiary/aromatic N) is 2. The zero-order chi connectivity index (χ0) is 19.4. The van der Waals surface area contributed by atoms with Crippen molar-refractivity contribution in [2.24, 2.45) is 11.8 Å². The van der Waals surface area contributed by atoms with Gasteiger partial charge in [-0.1, -0.05) is 5.16 Å². The third kappa shape index (κ3) is 3.30. The van der Waals surface area contributed by atoms with Gasteiger partial charge in [0, 0.05) is 43.5 Å². The van der Waals surface area contributed by atoms with E-state index in [0.29, 0.717) is 32.5 Å². The van der Waals surface area contributed by atoms with Crippen LogP contribution in [0.4, 0.5) is 0 Å². The first kappa shape index (κ1) is 18.9. The van der Waals surface area contributed by atoms with Gasteiger partial charge in [0.2, 0.25) is 15.9 Å². The quantitative estimate of drug-likeness (QED) is 0.761. The minimum atomic E-state index is -3.22. The van der Waals surface area contributed by atoms with Crippen LogP contribution in [-0.2, 0) is 26.0 Å². The normalized spacial score (nSPS) is 32.8. The number of aryl methyl sites for hydroxylation is 2. The number of hydrogen-bond acceptors (Lipinski definition) is 6. The van der Waals surface area contributed by atoms with E-state index < -0.39 is 10.0 Å². The molecule has 3 aliphatic rings. The average molecular weight is 397 g/mol. The van der Waals surface area contributed by atoms with Crippen molar-refractivity contribution in [2.75, 3.05) is 25.9 Å². The predicted octanol–water partition coefficient (Wildman–Crippen LogP) is 0.779. The number of amides is 1. The maximum absolute atomic E-state index is 12.3. The van der Waals surface area contributed by atoms with E-state index in [2.05, 4.69) is 10.5 Å². The molecule has 1 aromatic heterocycles. The van der Waals surface area contributed by atoms with Crippen LogP contribution in [0, 0.1) is 25.7 Å². The topological polar surface area (TPSA) is 102 Å². The minimum Gasteiger partial charge on any atom is -0.370 e. The first-order chi connectivity index (χ1) is 12.7. The Morgan fingerprint density at radius 1 is 1.41 bits per heavy atom. The van der Waals surface area contributed by atoms with Crippen LogP contribution in [0.1, 0.15) is 36.3 Å². The summed E-state index contributed by atoms with van der Waals surface area (Å²) in [5.74, 6) is 1.09. The zero-order valence-corrected chi connectivity index (χ0v) is 16.8. The van der Waals surface area contributed by atoms with Crippen molar-refractivity contribution in [1.29, 1.82) is 0 Å². The summed E-state index contributed by atoms with van der Waals surface area (Å²) in [4.78, 5) is 12.3. The maximum Gasteiger partial charge on any atom is 0.220 e. The molecular formula is C18H27N3O5S. The van der Waals surface area contributed by atoms with Crippen LogP contribution in [-0.4, -0.2) is 61.4 Å². The van der Waals surface area contributed by atoms with Crippen molar-refractivity contribution in [1.82, 2.24) is 14.8 Å². The van der Waals surface area contributed by atoms with E-state index in [4.69, 9.17) is 9.26 Å². The lowest BCUT2D eigenvalue weighted by Gasteiger charge is -2.29. The molecule has 0 unspecified atom stereocenters. The van der Waals surface area contributed by atoms with Crippen molar-refractivity contribution in [3.63, 3.8) is 0 Å². The SMILES string of the molecule is Cc1noc(C)c1CCC(=O)NC[C@H]1[C@H]2CN(S(C)(=O)=O)C[C@]23CC[C@H]1O3. The van der Waals surface area contributed by atoms with Gasteiger partial charge in [-0.25, -0.2) is 8.42 Å². The number of hydrogen-bond donors (Lipinski definition) is 1. The second kappa shape index (κ2) is 6.56. The first-order valence-electron chi connectivity index (χ1n) is 9.51. The van der Waals surface area contributed by atoms with E-state index >= 15 is 0 Å². The summed E-state index contributed by atoms with van der Waals surface area (Å²) in [6.07, 6.45) is 4.21. The molecule has 4 atom stereocenters. The van der Waals surface area contributed by atoms with E-state index in [1.807, 2.05) is 13.8 Å². The van der Waals surface area contributed by atoms with Crippen LogP contribution < -0.4 is 5.32 Å². The highest BCUT2D eigenvalue weighted by Crippen LogP contribution is 2.54. The molecule has 8 nitrogen and oxygen atoms in total. The maximum atomic E-state index is 12.3. The second-order valence-electron chi connectivity index (χ2n) is 8.19. The van der Waals surface area contributed by atoms with Crippen molar-refractivity contribution in [3.8, 4) is 0 Å². The molecule has 3 saturated heterocycles. The number of aromatic nitrogens is 1. The predicted molar refractivity (Wildman–Crippen MR) is 97.5 cm³/mol. The summed E-state index contributed by atoms with van der Waals surface area (Å²) in [5.41, 5.74) is 1.47. The minimum absolute atomic E-state index is 0.00945. The van der Waals surface area contributed by atoms with Crippen molar-refractivity contribution >= 4 is 15.9 Å². The van der Waals surface area contributed by atoms with Gasteiger partial charge in [-0.3, -0.25) is 4.79 Å². The van der Waals surface area contributed by atoms with Crippen molar-refractivity contribution < 1.29 is 22.5 Å². The lowest BCUT2D eigenvalue weighted by Crippen LogP contribution is -2.41. The fourth-order valence-corrected chi connectivity index (χ4v) is 5.98. The Balaban J connectivity index is 1.34. The molecule has 1 aromatic rings. The molecule has 0 aromatic carbocycles. The van der Waals surface area contributed by atoms with Gasteiger partial charge in [-0.15, -0.1) is 0 Å². The van der Waals surface area contributed by atoms with Crippen LogP contribution in [0.15, 0.2) is 4.52 Å². The van der Waals surface area contributed by atoms with Gasteiger partial charge >= 0.3 is 0 Å². The monoisotopic (exact) mass is 397 g/mol. The summed E-state index contributed by atoms with van der Waals surface area (Å²) < 4.78 is 36.8. The smallest absolute Gasteiger partial charge is 0.220 e. The molecule has 0 radical (unpaired) electrons. The molecule has 3 fully saturated rings. The van der Waals surface area contributed by atoms with Gasteiger partial charge in [-0.2, -0.15) is 4.31 Å². The molecule has 4 rings (SSSR count). The number of rotatable bonds is 6. The Morgan fingerprint density at radius 3 is 2.85 bits per heavy atom. The third-order valence-electron chi connectivity index (χ3n) is 6.54. The Morgan fingerprint density at radius 2 is 2.19 bits per heavy atom. The highest BCUT2D eigenvalue weighted by atomic mass is 32.2. The summed E-state index contributed by atoms with van der Waals surface area (Å²) in [6, 6.07) is 0. The lowest BCUT2D eigenvalue weighted by atomic mass is 9.73. The van der Waals surface area contributed by atoms with Gasteiger partial charge in [0.1, 0.15) is 5.76 Å². The van der Waals surface area contributed by atoms with Gasteiger partial charge in [-0.05, 0) is 33.1 Å². The first-order valence-corrected chi connectivity index (χ1v) is 11.4. The van der Waals surface area contributed by atoms with Gasteiger partial charge in [0.15, 0.2) is 0 Å². The van der Waals surface area contributed by atoms with Crippen LogP contribution in [0.3, 0.4) is 0 Å². The van der Waals surface area contributed by atoms with Gasteiger partial charge in [0.25, 0.3) is 0 Å². The Kier molecular flexibility index (Phi) is 4.59. The van der Waals surface area contributed by atoms with Crippen molar-refractivity contribution in [2.45, 2.75) is 51.2 Å². The summed E-state index contributed by atoms with van der Waals surface area (Å²) >= 11 is 0. The van der Waals surface area contributed by atoms with Gasteiger partial charge < -0.3 is 14.6 Å². The molecule has 150 valence electrons. The largest absolute Gasteiger partial charge is 0.370 e. The number of ether oxygens (including phenoxy) is 1. The molecule has 1 N–H and O–H groups in total. The molecule has 2 bridgehead atoms. The molecule has 27 heavy (non-hydrogen) atoms. The molecule has 4 heterocycles. The van der Waals surface area contributed by atoms with Crippen molar-refractivity contribution in [3.05, 3.63) is 17.0 Å². The Bertz CT molecular complexity index is 832. The zero-order valence-electron chi connectivity index (χ0n) is 16.0. The molecule has 0 saturated carbocycles. The van der Waals surface area contributed by atoms with E-state index in [-0.39, 0.29) is 29.4 Å². The molecule has 9 heteroatoms. The van der Waals surface area contributed by atoms with Crippen LogP contribution in [0.25, 0.3) is 0 Å². The van der Waals surface area contributed by atoms with Crippen LogP contribution in [0.5, 0.6) is 0 Å². The number of sulfonamides is 1. The molecule has 1 amide bonds. The highest BCUT2D eigenvalue weighted by molar-refractivity contribution is 7.88. The fraction of sp³-hybridized carbons (Fsp3) is 0.778. The van der Waals surface area contributed by atoms with E-state index in [9.17, 15) is 13.2 Å². The summed E-state index contributed by atoms with van der Waals surface area (Å²) in [5, 5.41) is 6.95. The Labute approximate surface area is 159 Å². The third-order valence-corrected chi connectivity index (χ3v) is 7.76. The number of fused-ring (bicyclic) bond motifs is 1. The van der Waals surface area contributed by atoms with Crippen LogP contribution in [0.2, 0.25) is 0 Å². The molecule has 0 aliphatic carbocycles. The molecule has 1 spiro atoms. The van der Waals surface area contributed by atoms with Gasteiger partial charge in [0.05, 0.1) is 23.7 Å². The standard InChI is InChI=1S/C18H27N3O5S/c1-11-13(12(2)26-20-11)4-5-17(22)19-8-14-15-9-21(27(3,23)24)10-18(15)7-6-16(14)25-18/h14-16H,4-10H2,1-3H3,(H,19,22)/t14-,15+,16+,18+/m0/s1. The number of carbonyl (C=O) groups excluding carboxylic acids is 1. The summed E-state index contributed by atoms with van der Waals surface area (Å²) in [6.45, 7) is 5.21. The van der Waals surface area contributed by atoms with Crippen LogP contribution >= 0.6 is 0 Å². The fourth-order valence-electron chi connectivity index (χ4n) is 5.09. The number of carbonyl (C=O) groups is 1. The second-order valence-corrected chi connectivity index (χ2v) is 10.2. The number of nitrogens with one attached hydrogen (secondary N) is 1. The average Bonchev–Trinajstić information content (AvgIpc) is 3.31. The molecule has 3 aliphatic heterocycles. The van der Waals surface area contributed by atoms with E-state index in [1.165, 1.54) is 10.6 Å². The lowest BCUT2D eigenvalue weighted by molar-refractivity contribution is -0.121. The van der Waals surface area contributed by atoms with E-state index in [1.54, 1.807) is 0 Å². The van der Waals surface area contributed by atoms with E-state index in [0.717, 1.165) is 29.9 Å².